The maximum absolute atomic E-state index is 12.1. The van der Waals surface area contributed by atoms with E-state index in [4.69, 9.17) is 4.74 Å². The van der Waals surface area contributed by atoms with E-state index < -0.39 is 42.4 Å². The number of nitrogens with zero attached hydrogens (tertiary/aromatic N) is 1. The molecule has 1 fully saturated rings. The summed E-state index contributed by atoms with van der Waals surface area (Å²) >= 11 is 1.43. The molecule has 1 aliphatic heterocycles. The minimum atomic E-state index is -1.40. The molecule has 0 radical (unpaired) electrons. The fraction of sp³-hybridized carbons (Fsp3) is 0.412. The summed E-state index contributed by atoms with van der Waals surface area (Å²) in [4.78, 5) is 27.4. The highest BCUT2D eigenvalue weighted by atomic mass is 32.2. The zero-order valence-electron chi connectivity index (χ0n) is 14.0. The molecule has 1 saturated heterocycles. The van der Waals surface area contributed by atoms with Crippen LogP contribution in [0, 0.1) is 6.92 Å². The number of thioether (sulfide) groups is 1. The summed E-state index contributed by atoms with van der Waals surface area (Å²) in [6.45, 7) is 1.49. The van der Waals surface area contributed by atoms with E-state index in [1.807, 2.05) is 31.2 Å². The molecule has 8 nitrogen and oxygen atoms in total. The Hall–Kier alpha value is -1.91. The van der Waals surface area contributed by atoms with Crippen LogP contribution in [0.4, 0.5) is 0 Å². The summed E-state index contributed by atoms with van der Waals surface area (Å²) in [6.07, 6.45) is -3.58. The number of hydrogen-bond donors (Lipinski definition) is 4. The van der Waals surface area contributed by atoms with Gasteiger partial charge in [0.2, 0.25) is 0 Å². The monoisotopic (exact) mass is 380 g/mol. The van der Waals surface area contributed by atoms with Gasteiger partial charge in [0.25, 0.3) is 5.56 Å². The van der Waals surface area contributed by atoms with Crippen LogP contribution in [0.3, 0.4) is 0 Å². The third-order valence-electron chi connectivity index (χ3n) is 4.25. The lowest BCUT2D eigenvalue weighted by Crippen LogP contribution is -2.38. The van der Waals surface area contributed by atoms with Crippen LogP contribution in [0.25, 0.3) is 0 Å². The van der Waals surface area contributed by atoms with Gasteiger partial charge in [-0.3, -0.25) is 14.3 Å². The van der Waals surface area contributed by atoms with Gasteiger partial charge in [0.1, 0.15) is 18.3 Å². The lowest BCUT2D eigenvalue weighted by atomic mass is 10.1. The van der Waals surface area contributed by atoms with Crippen LogP contribution < -0.4 is 11.2 Å². The summed E-state index contributed by atoms with van der Waals surface area (Å²) in [7, 11) is 0. The van der Waals surface area contributed by atoms with Crippen LogP contribution in [-0.4, -0.2) is 49.8 Å². The van der Waals surface area contributed by atoms with Crippen molar-refractivity contribution in [2.45, 2.75) is 42.1 Å². The molecule has 26 heavy (non-hydrogen) atoms. The van der Waals surface area contributed by atoms with Gasteiger partial charge >= 0.3 is 5.69 Å². The molecule has 2 heterocycles. The standard InChI is InChI=1S/C17H20N2O6S/c1-9-2-4-11(5-3-9)26-8-10-6-19(17(24)18-15(10)23)16-14(22)13(21)12(7-20)25-16/h2-6,12-14,16,20-22H,7-8H2,1H3,(H,18,23,24)/t12-,13-,14-,16-/m1/s1. The van der Waals surface area contributed by atoms with E-state index in [1.165, 1.54) is 18.0 Å². The number of nitrogens with one attached hydrogen (secondary N) is 1. The van der Waals surface area contributed by atoms with Crippen LogP contribution in [-0.2, 0) is 10.5 Å². The number of aliphatic hydroxyl groups is 3. The fourth-order valence-electron chi connectivity index (χ4n) is 2.72. The first kappa shape index (κ1) is 18.9. The van der Waals surface area contributed by atoms with Crippen molar-refractivity contribution in [3.8, 4) is 0 Å². The van der Waals surface area contributed by atoms with Crippen molar-refractivity contribution in [2.24, 2.45) is 0 Å². The molecule has 0 spiro atoms. The van der Waals surface area contributed by atoms with Gasteiger partial charge in [0.15, 0.2) is 6.23 Å². The largest absolute Gasteiger partial charge is 0.394 e. The van der Waals surface area contributed by atoms with Crippen LogP contribution in [0.15, 0.2) is 44.9 Å². The summed E-state index contributed by atoms with van der Waals surface area (Å²) in [5, 5.41) is 29.1. The second-order valence-electron chi connectivity index (χ2n) is 6.15. The van der Waals surface area contributed by atoms with Crippen molar-refractivity contribution >= 4 is 11.8 Å². The van der Waals surface area contributed by atoms with Gasteiger partial charge < -0.3 is 20.1 Å². The highest BCUT2D eigenvalue weighted by molar-refractivity contribution is 7.98. The number of aryl methyl sites for hydroxylation is 1. The SMILES string of the molecule is Cc1ccc(SCc2cn([C@@H]3O[C@H](CO)[C@@H](O)[C@H]3O)c(=O)[nH]c2=O)cc1. The third kappa shape index (κ3) is 3.76. The number of rotatable bonds is 5. The minimum Gasteiger partial charge on any atom is -0.394 e. The van der Waals surface area contributed by atoms with E-state index in [1.54, 1.807) is 0 Å². The maximum atomic E-state index is 12.1. The first-order valence-corrected chi connectivity index (χ1v) is 9.05. The normalized spacial score (nSPS) is 25.5. The quantitative estimate of drug-likeness (QED) is 0.527. The van der Waals surface area contributed by atoms with E-state index >= 15 is 0 Å². The first-order chi connectivity index (χ1) is 12.4. The molecule has 1 aliphatic rings. The third-order valence-corrected chi connectivity index (χ3v) is 5.31. The fourth-order valence-corrected chi connectivity index (χ4v) is 3.58. The predicted octanol–water partition coefficient (Wildman–Crippen LogP) is -0.251. The molecule has 140 valence electrons. The highest BCUT2D eigenvalue weighted by Crippen LogP contribution is 2.28. The Morgan fingerprint density at radius 1 is 1.19 bits per heavy atom. The van der Waals surface area contributed by atoms with Crippen LogP contribution in [0.2, 0.25) is 0 Å². The Morgan fingerprint density at radius 3 is 2.50 bits per heavy atom. The van der Waals surface area contributed by atoms with Gasteiger partial charge in [0.05, 0.1) is 6.61 Å². The molecule has 0 unspecified atom stereocenters. The van der Waals surface area contributed by atoms with E-state index in [-0.39, 0.29) is 0 Å². The van der Waals surface area contributed by atoms with E-state index in [0.717, 1.165) is 15.0 Å². The van der Waals surface area contributed by atoms with Gasteiger partial charge in [-0.05, 0) is 19.1 Å². The second-order valence-corrected chi connectivity index (χ2v) is 7.20. The Morgan fingerprint density at radius 2 is 1.88 bits per heavy atom. The topological polar surface area (TPSA) is 125 Å². The molecule has 4 N–H and O–H groups in total. The number of aromatic amines is 1. The molecular formula is C17H20N2O6S. The Balaban J connectivity index is 1.84. The predicted molar refractivity (Wildman–Crippen MR) is 95.1 cm³/mol. The van der Waals surface area contributed by atoms with Crippen LogP contribution >= 0.6 is 11.8 Å². The minimum absolute atomic E-state index is 0.313. The van der Waals surface area contributed by atoms with Crippen LogP contribution in [0.5, 0.6) is 0 Å². The lowest BCUT2D eigenvalue weighted by molar-refractivity contribution is -0.0551. The van der Waals surface area contributed by atoms with Crippen molar-refractivity contribution in [3.05, 3.63) is 62.4 Å². The summed E-state index contributed by atoms with van der Waals surface area (Å²) in [5.74, 6) is 0.313. The molecule has 1 aromatic heterocycles. The Kier molecular flexibility index (Phi) is 5.64. The smallest absolute Gasteiger partial charge is 0.330 e. The van der Waals surface area contributed by atoms with Gasteiger partial charge in [-0.15, -0.1) is 11.8 Å². The second kappa shape index (κ2) is 7.77. The van der Waals surface area contributed by atoms with Crippen molar-refractivity contribution in [2.75, 3.05) is 6.61 Å². The van der Waals surface area contributed by atoms with E-state index in [9.17, 15) is 24.9 Å². The number of aromatic nitrogens is 2. The highest BCUT2D eigenvalue weighted by Gasteiger charge is 2.43. The lowest BCUT2D eigenvalue weighted by Gasteiger charge is -2.18. The molecule has 2 aromatic rings. The zero-order chi connectivity index (χ0) is 18.8. The van der Waals surface area contributed by atoms with Crippen molar-refractivity contribution in [3.63, 3.8) is 0 Å². The van der Waals surface area contributed by atoms with E-state index in [2.05, 4.69) is 4.98 Å². The van der Waals surface area contributed by atoms with Crippen molar-refractivity contribution in [1.29, 1.82) is 0 Å². The van der Waals surface area contributed by atoms with Crippen LogP contribution in [0.1, 0.15) is 17.4 Å². The van der Waals surface area contributed by atoms with Gasteiger partial charge in [-0.2, -0.15) is 0 Å². The summed E-state index contributed by atoms with van der Waals surface area (Å²) in [6, 6.07) is 7.81. The molecule has 3 rings (SSSR count). The summed E-state index contributed by atoms with van der Waals surface area (Å²) in [5.41, 5.74) is 0.185. The maximum Gasteiger partial charge on any atom is 0.330 e. The number of ether oxygens (including phenoxy) is 1. The number of aliphatic hydroxyl groups excluding tert-OH is 3. The number of benzene rings is 1. The molecule has 9 heteroatoms. The molecule has 4 atom stereocenters. The van der Waals surface area contributed by atoms with Gasteiger partial charge in [0, 0.05) is 22.4 Å². The van der Waals surface area contributed by atoms with Crippen molar-refractivity contribution in [1.82, 2.24) is 9.55 Å². The van der Waals surface area contributed by atoms with Crippen molar-refractivity contribution < 1.29 is 20.1 Å². The van der Waals surface area contributed by atoms with E-state index in [0.29, 0.717) is 11.3 Å². The molecule has 0 aliphatic carbocycles. The van der Waals surface area contributed by atoms with Gasteiger partial charge in [-0.25, -0.2) is 4.79 Å². The number of hydrogen-bond acceptors (Lipinski definition) is 7. The average molecular weight is 380 g/mol. The van der Waals surface area contributed by atoms with Gasteiger partial charge in [-0.1, -0.05) is 17.7 Å². The molecule has 0 amide bonds. The molecule has 1 aromatic carbocycles. The Labute approximate surface area is 153 Å². The zero-order valence-corrected chi connectivity index (χ0v) is 14.8. The molecule has 0 bridgehead atoms. The first-order valence-electron chi connectivity index (χ1n) is 8.07. The molecule has 0 saturated carbocycles. The molecular weight excluding hydrogens is 360 g/mol. The number of H-pyrrole nitrogens is 1. The average Bonchev–Trinajstić information content (AvgIpc) is 2.90. The summed E-state index contributed by atoms with van der Waals surface area (Å²) < 4.78 is 6.39. The Bertz CT molecular complexity index is 878.